The molecule has 262 valence electrons. The maximum absolute atomic E-state index is 9.92. The Labute approximate surface area is 264 Å². The SMILES string of the molecule is C.C.C.C.C.C.C.CCCCN1C=CN(C)C1.CCCCN1C=CN(C)C1.COS(=O)(=O)OC.COS(=O)(=O)[O-].[Cl-]. The first kappa shape index (κ1) is 67.4. The molecule has 2 aliphatic rings. The first-order chi connectivity index (χ1) is 15.3. The number of unbranched alkanes of at least 4 members (excludes halogenated alkanes) is 2. The summed E-state index contributed by atoms with van der Waals surface area (Å²) in [5.74, 6) is 0. The van der Waals surface area contributed by atoms with Crippen LogP contribution in [0.25, 0.3) is 0 Å². The monoisotopic (exact) mass is 664 g/mol. The fourth-order valence-corrected chi connectivity index (χ4v) is 2.39. The van der Waals surface area contributed by atoms with Gasteiger partial charge in [0.05, 0.1) is 34.7 Å². The van der Waals surface area contributed by atoms with Crippen molar-refractivity contribution in [2.75, 3.05) is 61.9 Å². The van der Waals surface area contributed by atoms with Crippen molar-refractivity contribution in [2.24, 2.45) is 0 Å². The third-order valence-electron chi connectivity index (χ3n) is 4.08. The first-order valence-corrected chi connectivity index (χ1v) is 13.1. The molecule has 0 bridgehead atoms. The third kappa shape index (κ3) is 45.9. The molecule has 0 saturated carbocycles. The van der Waals surface area contributed by atoms with Gasteiger partial charge in [0.15, 0.2) is 0 Å². The van der Waals surface area contributed by atoms with Gasteiger partial charge in [-0.2, -0.15) is 8.42 Å². The van der Waals surface area contributed by atoms with Crippen molar-refractivity contribution in [1.82, 2.24) is 19.6 Å². The van der Waals surface area contributed by atoms with Gasteiger partial charge in [-0.1, -0.05) is 78.7 Å². The van der Waals surface area contributed by atoms with E-state index in [0.29, 0.717) is 0 Å². The number of hydrogen-bond acceptors (Lipinski definition) is 12. The van der Waals surface area contributed by atoms with Gasteiger partial charge in [-0.15, -0.1) is 0 Å². The van der Waals surface area contributed by atoms with Gasteiger partial charge in [-0.3, -0.25) is 12.5 Å². The minimum atomic E-state index is -4.41. The van der Waals surface area contributed by atoms with Crippen molar-refractivity contribution in [3.63, 3.8) is 0 Å². The van der Waals surface area contributed by atoms with E-state index >= 15 is 0 Å². The van der Waals surface area contributed by atoms with E-state index in [1.807, 2.05) is 0 Å². The van der Waals surface area contributed by atoms with Gasteiger partial charge in [-0.05, 0) is 12.8 Å². The molecular weight excluding hydrogens is 596 g/mol. The Morgan fingerprint density at radius 1 is 0.634 bits per heavy atom. The topological polar surface area (TPSA) is 132 Å². The van der Waals surface area contributed by atoms with E-state index in [-0.39, 0.29) is 64.4 Å². The second kappa shape index (κ2) is 38.7. The molecule has 0 N–H and O–H groups in total. The van der Waals surface area contributed by atoms with E-state index in [4.69, 9.17) is 0 Å². The van der Waals surface area contributed by atoms with E-state index in [2.05, 4.69) is 84.9 Å². The lowest BCUT2D eigenvalue weighted by molar-refractivity contribution is -0.0000207. The van der Waals surface area contributed by atoms with Crippen molar-refractivity contribution in [2.45, 2.75) is 91.5 Å². The summed E-state index contributed by atoms with van der Waals surface area (Å²) >= 11 is 0. The quantitative estimate of drug-likeness (QED) is 0.265. The lowest BCUT2D eigenvalue weighted by Gasteiger charge is -2.17. The normalized spacial score (nSPS) is 12.0. The van der Waals surface area contributed by atoms with E-state index in [1.165, 1.54) is 38.8 Å². The van der Waals surface area contributed by atoms with Gasteiger partial charge in [0.1, 0.15) is 0 Å². The molecule has 2 rings (SSSR count). The smallest absolute Gasteiger partial charge is 0.399 e. The first-order valence-electron chi connectivity index (χ1n) is 10.5. The number of hydrogen-bond donors (Lipinski definition) is 0. The second-order valence-electron chi connectivity index (χ2n) is 7.04. The van der Waals surface area contributed by atoms with E-state index in [9.17, 15) is 21.4 Å². The summed E-state index contributed by atoms with van der Waals surface area (Å²) in [5.41, 5.74) is 0. The van der Waals surface area contributed by atoms with Gasteiger partial charge in [0, 0.05) is 52.0 Å². The molecule has 0 saturated heterocycles. The molecule has 0 atom stereocenters. The van der Waals surface area contributed by atoms with Gasteiger partial charge in [0.25, 0.3) is 0 Å². The number of halogens is 1. The van der Waals surface area contributed by atoms with Crippen molar-refractivity contribution in [3.05, 3.63) is 24.8 Å². The molecule has 2 heterocycles. The predicted molar refractivity (Wildman–Crippen MR) is 174 cm³/mol. The van der Waals surface area contributed by atoms with Gasteiger partial charge >= 0.3 is 10.4 Å². The molecule has 0 radical (unpaired) electrons. The van der Waals surface area contributed by atoms with Crippen molar-refractivity contribution in [3.8, 4) is 0 Å². The minimum absolute atomic E-state index is 0. The maximum Gasteiger partial charge on any atom is 0.399 e. The van der Waals surface area contributed by atoms with Crippen LogP contribution in [0.2, 0.25) is 0 Å². The molecule has 41 heavy (non-hydrogen) atoms. The average Bonchev–Trinajstić information content (AvgIpc) is 3.39. The zero-order chi connectivity index (χ0) is 25.9. The van der Waals surface area contributed by atoms with Crippen molar-refractivity contribution < 1.29 is 46.3 Å². The summed E-state index contributed by atoms with van der Waals surface area (Å²) in [5, 5.41) is 0. The van der Waals surface area contributed by atoms with Gasteiger partial charge in [-0.25, -0.2) is 8.42 Å². The van der Waals surface area contributed by atoms with E-state index in [1.54, 1.807) is 0 Å². The molecule has 0 amide bonds. The fraction of sp³-hybridized carbons (Fsp3) is 0.846. The lowest BCUT2D eigenvalue weighted by Crippen LogP contribution is -3.00. The molecule has 0 unspecified atom stereocenters. The van der Waals surface area contributed by atoms with E-state index < -0.39 is 20.8 Å². The van der Waals surface area contributed by atoms with Crippen LogP contribution in [0.1, 0.15) is 91.5 Å². The Hall–Kier alpha value is -1.29. The van der Waals surface area contributed by atoms with E-state index in [0.717, 1.165) is 34.7 Å². The van der Waals surface area contributed by atoms with Gasteiger partial charge in [0.2, 0.25) is 10.4 Å². The molecular formula is C26H69ClN4O8S2-2. The standard InChI is InChI=1S/2C8H16N2.C2H6O4S.CH4O4S.7CH4.ClH/c2*1-3-4-5-10-7-6-9(2)8-10;1-5-7(3,4)6-2;1-5-6(2,3)4;;;;;;;;/h2*6-7H,3-5,8H2,1-2H3;1-2H3;1H3,(H,2,3,4);7*1H4;1H/p-2. The zero-order valence-electron chi connectivity index (χ0n) is 21.2. The molecule has 15 heteroatoms. The molecule has 12 nitrogen and oxygen atoms in total. The summed E-state index contributed by atoms with van der Waals surface area (Å²) in [6.45, 7) is 9.00. The van der Waals surface area contributed by atoms with Gasteiger partial charge < -0.3 is 36.6 Å². The summed E-state index contributed by atoms with van der Waals surface area (Å²) in [7, 11) is -1.01. The summed E-state index contributed by atoms with van der Waals surface area (Å²) in [4.78, 5) is 9.05. The summed E-state index contributed by atoms with van der Waals surface area (Å²) < 4.78 is 58.5. The molecule has 2 aliphatic heterocycles. The van der Waals surface area contributed by atoms with Crippen LogP contribution >= 0.6 is 0 Å². The molecule has 0 fully saturated rings. The summed E-state index contributed by atoms with van der Waals surface area (Å²) in [6.07, 6.45) is 13.7. The van der Waals surface area contributed by atoms with Crippen LogP contribution < -0.4 is 12.4 Å². The average molecular weight is 665 g/mol. The Balaban J connectivity index is -0.0000000374. The molecule has 0 aromatic heterocycles. The van der Waals surface area contributed by atoms with Crippen LogP contribution in [0, 0.1) is 0 Å². The van der Waals surface area contributed by atoms with Crippen LogP contribution in [0.5, 0.6) is 0 Å². The number of nitrogens with zero attached hydrogens (tertiary/aromatic N) is 4. The van der Waals surface area contributed by atoms with Crippen LogP contribution in [0.4, 0.5) is 0 Å². The highest BCUT2D eigenvalue weighted by atomic mass is 35.5. The Kier molecular flexibility index (Phi) is 63.6. The minimum Gasteiger partial charge on any atom is -1.00 e. The zero-order valence-corrected chi connectivity index (χ0v) is 23.6. The highest BCUT2D eigenvalue weighted by Crippen LogP contribution is 2.05. The fourth-order valence-electron chi connectivity index (χ4n) is 2.26. The Bertz CT molecular complexity index is 717. The molecule has 0 aromatic carbocycles. The van der Waals surface area contributed by atoms with Crippen molar-refractivity contribution >= 4 is 20.8 Å². The highest BCUT2D eigenvalue weighted by Gasteiger charge is 2.06. The van der Waals surface area contributed by atoms with Crippen LogP contribution in [0.3, 0.4) is 0 Å². The number of rotatable bonds is 9. The summed E-state index contributed by atoms with van der Waals surface area (Å²) in [6, 6.07) is 0. The maximum atomic E-state index is 9.92. The molecule has 0 aliphatic carbocycles. The van der Waals surface area contributed by atoms with Crippen LogP contribution in [0.15, 0.2) is 24.8 Å². The van der Waals surface area contributed by atoms with Crippen molar-refractivity contribution in [1.29, 1.82) is 0 Å². The molecule has 0 aromatic rings. The lowest BCUT2D eigenvalue weighted by atomic mass is 10.3. The Morgan fingerprint density at radius 2 is 0.902 bits per heavy atom. The predicted octanol–water partition coefficient (Wildman–Crippen LogP) is 3.00. The highest BCUT2D eigenvalue weighted by molar-refractivity contribution is 7.81. The second-order valence-corrected chi connectivity index (χ2v) is 9.67. The largest absolute Gasteiger partial charge is 1.00 e. The third-order valence-corrected chi connectivity index (χ3v) is 5.31. The van der Waals surface area contributed by atoms with Crippen LogP contribution in [-0.4, -0.2) is 103 Å². The van der Waals surface area contributed by atoms with Crippen LogP contribution in [-0.2, 0) is 33.3 Å². The molecule has 0 spiro atoms. The Morgan fingerprint density at radius 3 is 1.02 bits per heavy atom.